The van der Waals surface area contributed by atoms with E-state index in [1.807, 2.05) is 42.5 Å². The first kappa shape index (κ1) is 14.3. The van der Waals surface area contributed by atoms with Gasteiger partial charge < -0.3 is 4.74 Å². The van der Waals surface area contributed by atoms with Gasteiger partial charge in [0.2, 0.25) is 6.23 Å². The van der Waals surface area contributed by atoms with E-state index in [2.05, 4.69) is 5.10 Å². The summed E-state index contributed by atoms with van der Waals surface area (Å²) in [4.78, 5) is 12.0. The summed E-state index contributed by atoms with van der Waals surface area (Å²) in [5.41, 5.74) is 3.00. The van der Waals surface area contributed by atoms with Gasteiger partial charge in [0.15, 0.2) is 5.78 Å². The van der Waals surface area contributed by atoms with E-state index in [1.165, 1.54) is 6.92 Å². The number of ether oxygens (including phenoxy) is 1. The van der Waals surface area contributed by atoms with Crippen LogP contribution in [0.2, 0.25) is 5.02 Å². The molecule has 2 heterocycles. The molecule has 0 bridgehead atoms. The van der Waals surface area contributed by atoms with E-state index in [1.54, 1.807) is 11.1 Å². The zero-order valence-electron chi connectivity index (χ0n) is 12.6. The van der Waals surface area contributed by atoms with Gasteiger partial charge in [-0.25, -0.2) is 5.01 Å². The van der Waals surface area contributed by atoms with Crippen molar-refractivity contribution in [1.82, 2.24) is 5.01 Å². The predicted octanol–water partition coefficient (Wildman–Crippen LogP) is 3.80. The van der Waals surface area contributed by atoms with Crippen LogP contribution in [-0.4, -0.2) is 22.7 Å². The summed E-state index contributed by atoms with van der Waals surface area (Å²) in [5, 5.41) is 7.09. The molecule has 2 atom stereocenters. The summed E-state index contributed by atoms with van der Waals surface area (Å²) in [5.74, 6) is 0.647. The predicted molar refractivity (Wildman–Crippen MR) is 88.7 cm³/mol. The molecule has 0 amide bonds. The molecule has 0 radical (unpaired) electrons. The summed E-state index contributed by atoms with van der Waals surface area (Å²) >= 11 is 6.14. The van der Waals surface area contributed by atoms with Crippen LogP contribution in [0.15, 0.2) is 53.6 Å². The van der Waals surface area contributed by atoms with Gasteiger partial charge in [-0.1, -0.05) is 41.9 Å². The minimum absolute atomic E-state index is 0.0263. The average Bonchev–Trinajstić information content (AvgIpc) is 3.00. The second-order valence-electron chi connectivity index (χ2n) is 5.78. The van der Waals surface area contributed by atoms with Crippen LogP contribution in [0, 0.1) is 0 Å². The molecule has 5 heteroatoms. The molecule has 4 nitrogen and oxygen atoms in total. The van der Waals surface area contributed by atoms with Crippen molar-refractivity contribution < 1.29 is 9.53 Å². The van der Waals surface area contributed by atoms with Crippen molar-refractivity contribution in [3.8, 4) is 5.75 Å². The highest BCUT2D eigenvalue weighted by atomic mass is 35.5. The van der Waals surface area contributed by atoms with E-state index in [9.17, 15) is 4.79 Å². The number of nitrogens with zero attached hydrogens (tertiary/aromatic N) is 2. The number of hydrazone groups is 1. The van der Waals surface area contributed by atoms with Crippen LogP contribution >= 0.6 is 11.6 Å². The smallest absolute Gasteiger partial charge is 0.246 e. The molecular formula is C18H15ClN2O2. The number of hydrogen-bond acceptors (Lipinski definition) is 4. The third kappa shape index (κ3) is 2.39. The molecule has 4 rings (SSSR count). The monoisotopic (exact) mass is 326 g/mol. The Morgan fingerprint density at radius 2 is 2.04 bits per heavy atom. The quantitative estimate of drug-likeness (QED) is 0.843. The van der Waals surface area contributed by atoms with Gasteiger partial charge >= 0.3 is 0 Å². The molecule has 23 heavy (non-hydrogen) atoms. The first-order valence-electron chi connectivity index (χ1n) is 7.51. The minimum Gasteiger partial charge on any atom is -0.461 e. The fraction of sp³-hybridized carbons (Fsp3) is 0.222. The molecule has 0 fully saturated rings. The van der Waals surface area contributed by atoms with Crippen LogP contribution in [0.4, 0.5) is 0 Å². The van der Waals surface area contributed by atoms with Crippen molar-refractivity contribution in [3.63, 3.8) is 0 Å². The van der Waals surface area contributed by atoms with Gasteiger partial charge in [-0.15, -0.1) is 0 Å². The fourth-order valence-electron chi connectivity index (χ4n) is 3.13. The lowest BCUT2D eigenvalue weighted by atomic mass is 9.96. The molecule has 2 aliphatic heterocycles. The molecular weight excluding hydrogens is 312 g/mol. The molecule has 0 spiro atoms. The number of benzene rings is 2. The van der Waals surface area contributed by atoms with Crippen molar-refractivity contribution in [2.24, 2.45) is 5.10 Å². The Balaban J connectivity index is 1.78. The fourth-order valence-corrected chi connectivity index (χ4v) is 3.31. The SMILES string of the molecule is CC(=O)[C@H]1Oc2ccc(Cl)cc2[C@@H]2CC(c3ccccc3)=NN12. The molecule has 116 valence electrons. The maximum Gasteiger partial charge on any atom is 0.246 e. The largest absolute Gasteiger partial charge is 0.461 e. The number of carbonyl (C=O) groups is 1. The lowest BCUT2D eigenvalue weighted by molar-refractivity contribution is -0.135. The molecule has 0 aliphatic carbocycles. The average molecular weight is 327 g/mol. The second kappa shape index (κ2) is 5.39. The highest BCUT2D eigenvalue weighted by molar-refractivity contribution is 6.30. The lowest BCUT2D eigenvalue weighted by Crippen LogP contribution is -2.44. The topological polar surface area (TPSA) is 41.9 Å². The van der Waals surface area contributed by atoms with E-state index in [-0.39, 0.29) is 11.8 Å². The van der Waals surface area contributed by atoms with Crippen LogP contribution in [0.3, 0.4) is 0 Å². The molecule has 0 N–H and O–H groups in total. The van der Waals surface area contributed by atoms with Crippen molar-refractivity contribution in [3.05, 3.63) is 64.7 Å². The zero-order valence-corrected chi connectivity index (χ0v) is 13.3. The molecule has 2 aliphatic rings. The summed E-state index contributed by atoms with van der Waals surface area (Å²) in [6.45, 7) is 1.53. The lowest BCUT2D eigenvalue weighted by Gasteiger charge is -2.36. The minimum atomic E-state index is -0.685. The first-order valence-corrected chi connectivity index (χ1v) is 7.89. The molecule has 0 unspecified atom stereocenters. The van der Waals surface area contributed by atoms with Crippen molar-refractivity contribution >= 4 is 23.1 Å². The van der Waals surface area contributed by atoms with Crippen LogP contribution in [0.5, 0.6) is 5.75 Å². The molecule has 2 aromatic rings. The van der Waals surface area contributed by atoms with E-state index in [0.717, 1.165) is 23.3 Å². The maximum absolute atomic E-state index is 12.0. The Labute approximate surface area is 139 Å². The first-order chi connectivity index (χ1) is 11.1. The number of Topliss-reactive ketones (excluding diaryl/α,β-unsaturated/α-hetero) is 1. The summed E-state index contributed by atoms with van der Waals surface area (Å²) in [7, 11) is 0. The van der Waals surface area contributed by atoms with E-state index >= 15 is 0 Å². The van der Waals surface area contributed by atoms with Gasteiger partial charge in [-0.3, -0.25) is 4.79 Å². The van der Waals surface area contributed by atoms with Gasteiger partial charge in [0.1, 0.15) is 5.75 Å². The van der Waals surface area contributed by atoms with E-state index < -0.39 is 6.23 Å². The van der Waals surface area contributed by atoms with Gasteiger partial charge in [0.05, 0.1) is 11.8 Å². The number of fused-ring (bicyclic) bond motifs is 3. The maximum atomic E-state index is 12.0. The van der Waals surface area contributed by atoms with E-state index in [4.69, 9.17) is 16.3 Å². The summed E-state index contributed by atoms with van der Waals surface area (Å²) in [6.07, 6.45) is 0.0414. The number of halogens is 1. The number of hydrogen-bond donors (Lipinski definition) is 0. The Morgan fingerprint density at radius 1 is 1.26 bits per heavy atom. The summed E-state index contributed by atoms with van der Waals surface area (Å²) < 4.78 is 5.86. The number of ketones is 1. The van der Waals surface area contributed by atoms with Gasteiger partial charge in [-0.05, 0) is 23.8 Å². The zero-order chi connectivity index (χ0) is 16.0. The van der Waals surface area contributed by atoms with Crippen LogP contribution in [-0.2, 0) is 4.79 Å². The highest BCUT2D eigenvalue weighted by Crippen LogP contribution is 2.44. The Hall–Kier alpha value is -2.33. The third-order valence-electron chi connectivity index (χ3n) is 4.21. The standard InChI is InChI=1S/C18H15ClN2O2/c1-11(22)18-21-16(14-9-13(19)7-8-17(14)23-18)10-15(20-21)12-5-3-2-4-6-12/h2-9,16,18H,10H2,1H3/t16-,18+/m0/s1. The molecule has 0 aromatic heterocycles. The highest BCUT2D eigenvalue weighted by Gasteiger charge is 2.42. The van der Waals surface area contributed by atoms with Crippen LogP contribution in [0.25, 0.3) is 0 Å². The van der Waals surface area contributed by atoms with Crippen molar-refractivity contribution in [1.29, 1.82) is 0 Å². The van der Waals surface area contributed by atoms with Crippen LogP contribution in [0.1, 0.15) is 30.5 Å². The third-order valence-corrected chi connectivity index (χ3v) is 4.44. The number of carbonyl (C=O) groups excluding carboxylic acids is 1. The van der Waals surface area contributed by atoms with Crippen molar-refractivity contribution in [2.75, 3.05) is 0 Å². The Morgan fingerprint density at radius 3 is 2.78 bits per heavy atom. The van der Waals surface area contributed by atoms with Crippen molar-refractivity contribution in [2.45, 2.75) is 25.6 Å². The van der Waals surface area contributed by atoms with Gasteiger partial charge in [-0.2, -0.15) is 5.10 Å². The number of rotatable bonds is 2. The molecule has 0 saturated carbocycles. The normalized spacial score (nSPS) is 22.0. The van der Waals surface area contributed by atoms with Gasteiger partial charge in [0, 0.05) is 23.9 Å². The Bertz CT molecular complexity index is 804. The van der Waals surface area contributed by atoms with E-state index in [0.29, 0.717) is 10.8 Å². The van der Waals surface area contributed by atoms with Crippen LogP contribution < -0.4 is 4.74 Å². The molecule has 2 aromatic carbocycles. The summed E-state index contributed by atoms with van der Waals surface area (Å²) in [6, 6.07) is 15.5. The molecule has 0 saturated heterocycles. The Kier molecular flexibility index (Phi) is 3.34. The van der Waals surface area contributed by atoms with Gasteiger partial charge in [0.25, 0.3) is 0 Å². The second-order valence-corrected chi connectivity index (χ2v) is 6.21.